The summed E-state index contributed by atoms with van der Waals surface area (Å²) in [6, 6.07) is 7.61. The van der Waals surface area contributed by atoms with Crippen molar-refractivity contribution in [1.82, 2.24) is 5.32 Å². The van der Waals surface area contributed by atoms with Gasteiger partial charge in [-0.1, -0.05) is 12.1 Å². The van der Waals surface area contributed by atoms with Crippen molar-refractivity contribution >= 4 is 0 Å². The summed E-state index contributed by atoms with van der Waals surface area (Å²) in [7, 11) is 0. The highest BCUT2D eigenvalue weighted by molar-refractivity contribution is 5.16. The van der Waals surface area contributed by atoms with E-state index in [4.69, 9.17) is 4.74 Å². The van der Waals surface area contributed by atoms with Gasteiger partial charge in [-0.3, -0.25) is 0 Å². The highest BCUT2D eigenvalue weighted by Gasteiger charge is 2.22. The van der Waals surface area contributed by atoms with Gasteiger partial charge in [0.15, 0.2) is 0 Å². The Balaban J connectivity index is 1.82. The molecule has 1 fully saturated rings. The number of hydrogen-bond acceptors (Lipinski definition) is 2. The summed E-state index contributed by atoms with van der Waals surface area (Å²) < 4.78 is 18.8. The Kier molecular flexibility index (Phi) is 5.77. The molecule has 0 heterocycles. The molecular formula is C18H28FNO. The first-order valence-corrected chi connectivity index (χ1v) is 8.04. The number of rotatable bonds is 8. The second kappa shape index (κ2) is 7.37. The maximum absolute atomic E-state index is 13.0. The van der Waals surface area contributed by atoms with Crippen LogP contribution in [0.5, 0.6) is 0 Å². The van der Waals surface area contributed by atoms with Crippen molar-refractivity contribution in [1.29, 1.82) is 0 Å². The van der Waals surface area contributed by atoms with Crippen LogP contribution in [0, 0.1) is 11.7 Å². The molecule has 118 valence electrons. The average Bonchev–Trinajstić information content (AvgIpc) is 3.21. The number of hydrogen-bond donors (Lipinski definition) is 1. The molecule has 0 spiro atoms. The Morgan fingerprint density at radius 3 is 2.48 bits per heavy atom. The van der Waals surface area contributed by atoms with E-state index in [0.717, 1.165) is 32.0 Å². The van der Waals surface area contributed by atoms with Crippen molar-refractivity contribution in [3.63, 3.8) is 0 Å². The summed E-state index contributed by atoms with van der Waals surface area (Å²) in [5.74, 6) is 0.376. The topological polar surface area (TPSA) is 21.3 Å². The molecule has 0 bridgehead atoms. The van der Waals surface area contributed by atoms with E-state index in [0.29, 0.717) is 5.92 Å². The van der Waals surface area contributed by atoms with Crippen LogP contribution < -0.4 is 5.32 Å². The van der Waals surface area contributed by atoms with Crippen LogP contribution in [0.15, 0.2) is 24.3 Å². The third kappa shape index (κ3) is 7.05. The Hall–Kier alpha value is -0.930. The fraction of sp³-hybridized carbons (Fsp3) is 0.667. The lowest BCUT2D eigenvalue weighted by molar-refractivity contribution is -0.00922. The number of ether oxygens (including phenoxy) is 1. The van der Waals surface area contributed by atoms with Gasteiger partial charge >= 0.3 is 0 Å². The predicted octanol–water partition coefficient (Wildman–Crippen LogP) is 3.94. The summed E-state index contributed by atoms with van der Waals surface area (Å²) in [6.45, 7) is 8.07. The molecule has 1 aliphatic carbocycles. The molecule has 3 heteroatoms. The lowest BCUT2D eigenvalue weighted by Gasteiger charge is -2.23. The van der Waals surface area contributed by atoms with Crippen LogP contribution in [0.1, 0.15) is 45.6 Å². The Labute approximate surface area is 128 Å². The van der Waals surface area contributed by atoms with E-state index in [1.54, 1.807) is 12.1 Å². The molecule has 21 heavy (non-hydrogen) atoms. The van der Waals surface area contributed by atoms with Gasteiger partial charge < -0.3 is 10.1 Å². The standard InChI is InChI=1S/C18H28FNO/c1-18(2,3)21-11-10-15(13-20-17-8-9-17)12-14-4-6-16(19)7-5-14/h4-7,15,17,20H,8-13H2,1-3H3. The maximum atomic E-state index is 13.0. The molecule has 1 N–H and O–H groups in total. The van der Waals surface area contributed by atoms with E-state index in [1.807, 2.05) is 12.1 Å². The second-order valence-electron chi connectivity index (χ2n) is 7.13. The molecular weight excluding hydrogens is 265 g/mol. The first-order chi connectivity index (χ1) is 9.92. The Morgan fingerprint density at radius 2 is 1.90 bits per heavy atom. The van der Waals surface area contributed by atoms with E-state index in [1.165, 1.54) is 18.4 Å². The zero-order chi connectivity index (χ0) is 15.3. The lowest BCUT2D eigenvalue weighted by Crippen LogP contribution is -2.28. The summed E-state index contributed by atoms with van der Waals surface area (Å²) in [5.41, 5.74) is 1.12. The van der Waals surface area contributed by atoms with Gasteiger partial charge in [0.05, 0.1) is 5.60 Å². The van der Waals surface area contributed by atoms with Gasteiger partial charge in [-0.15, -0.1) is 0 Å². The molecule has 1 unspecified atom stereocenters. The van der Waals surface area contributed by atoms with E-state index < -0.39 is 0 Å². The predicted molar refractivity (Wildman–Crippen MR) is 84.9 cm³/mol. The van der Waals surface area contributed by atoms with Crippen LogP contribution >= 0.6 is 0 Å². The molecule has 0 aliphatic heterocycles. The molecule has 1 atom stereocenters. The smallest absolute Gasteiger partial charge is 0.123 e. The van der Waals surface area contributed by atoms with Crippen LogP contribution in [0.3, 0.4) is 0 Å². The molecule has 0 amide bonds. The van der Waals surface area contributed by atoms with Gasteiger partial charge in [-0.05, 0) is 76.6 Å². The summed E-state index contributed by atoms with van der Waals surface area (Å²) >= 11 is 0. The van der Waals surface area contributed by atoms with Crippen LogP contribution in [-0.4, -0.2) is 24.8 Å². The quantitative estimate of drug-likeness (QED) is 0.784. The Morgan fingerprint density at radius 1 is 1.24 bits per heavy atom. The molecule has 2 nitrogen and oxygen atoms in total. The lowest BCUT2D eigenvalue weighted by atomic mass is 9.96. The van der Waals surface area contributed by atoms with Gasteiger partial charge in [0.2, 0.25) is 0 Å². The van der Waals surface area contributed by atoms with Gasteiger partial charge in [-0.25, -0.2) is 4.39 Å². The molecule has 0 aromatic heterocycles. The highest BCUT2D eigenvalue weighted by Crippen LogP contribution is 2.21. The van der Waals surface area contributed by atoms with Crippen molar-refractivity contribution in [3.05, 3.63) is 35.6 Å². The average molecular weight is 293 g/mol. The molecule has 1 aromatic carbocycles. The third-order valence-corrected chi connectivity index (χ3v) is 3.77. The van der Waals surface area contributed by atoms with Crippen LogP contribution in [0.2, 0.25) is 0 Å². The zero-order valence-corrected chi connectivity index (χ0v) is 13.5. The number of benzene rings is 1. The Bertz CT molecular complexity index is 420. The van der Waals surface area contributed by atoms with Crippen molar-refractivity contribution in [3.8, 4) is 0 Å². The van der Waals surface area contributed by atoms with Crippen LogP contribution in [0.4, 0.5) is 4.39 Å². The fourth-order valence-electron chi connectivity index (χ4n) is 2.38. The molecule has 2 rings (SSSR count). The highest BCUT2D eigenvalue weighted by atomic mass is 19.1. The molecule has 0 radical (unpaired) electrons. The monoisotopic (exact) mass is 293 g/mol. The van der Waals surface area contributed by atoms with E-state index in [9.17, 15) is 4.39 Å². The summed E-state index contributed by atoms with van der Waals surface area (Å²) in [6.07, 6.45) is 4.63. The fourth-order valence-corrected chi connectivity index (χ4v) is 2.38. The SMILES string of the molecule is CC(C)(C)OCCC(CNC1CC1)Cc1ccc(F)cc1. The molecule has 0 saturated heterocycles. The van der Waals surface area contributed by atoms with Gasteiger partial charge in [-0.2, -0.15) is 0 Å². The van der Waals surface area contributed by atoms with Gasteiger partial charge in [0.25, 0.3) is 0 Å². The van der Waals surface area contributed by atoms with E-state index in [2.05, 4.69) is 26.1 Å². The zero-order valence-electron chi connectivity index (χ0n) is 13.5. The number of nitrogens with one attached hydrogen (secondary N) is 1. The molecule has 1 saturated carbocycles. The van der Waals surface area contributed by atoms with Crippen molar-refractivity contribution < 1.29 is 9.13 Å². The minimum atomic E-state index is -0.164. The summed E-state index contributed by atoms with van der Waals surface area (Å²) in [5, 5.41) is 3.61. The van der Waals surface area contributed by atoms with Crippen LogP contribution in [-0.2, 0) is 11.2 Å². The molecule has 1 aliphatic rings. The van der Waals surface area contributed by atoms with Gasteiger partial charge in [0.1, 0.15) is 5.82 Å². The second-order valence-corrected chi connectivity index (χ2v) is 7.13. The minimum absolute atomic E-state index is 0.0790. The first-order valence-electron chi connectivity index (χ1n) is 8.04. The first kappa shape index (κ1) is 16.4. The minimum Gasteiger partial charge on any atom is -0.376 e. The summed E-state index contributed by atoms with van der Waals surface area (Å²) in [4.78, 5) is 0. The van der Waals surface area contributed by atoms with Crippen molar-refractivity contribution in [2.75, 3.05) is 13.2 Å². The van der Waals surface area contributed by atoms with Crippen molar-refractivity contribution in [2.45, 2.75) is 58.1 Å². The largest absolute Gasteiger partial charge is 0.376 e. The maximum Gasteiger partial charge on any atom is 0.123 e. The number of halogens is 1. The van der Waals surface area contributed by atoms with E-state index in [-0.39, 0.29) is 11.4 Å². The van der Waals surface area contributed by atoms with Crippen molar-refractivity contribution in [2.24, 2.45) is 5.92 Å². The van der Waals surface area contributed by atoms with Gasteiger partial charge in [0, 0.05) is 12.6 Å². The van der Waals surface area contributed by atoms with E-state index >= 15 is 0 Å². The molecule has 1 aromatic rings. The third-order valence-electron chi connectivity index (χ3n) is 3.77. The normalized spacial score (nSPS) is 17.0. The van der Waals surface area contributed by atoms with Crippen LogP contribution in [0.25, 0.3) is 0 Å².